The minimum Gasteiger partial charge on any atom is -0.332 e. The van der Waals surface area contributed by atoms with E-state index in [-0.39, 0.29) is 12.1 Å². The van der Waals surface area contributed by atoms with Crippen molar-refractivity contribution < 1.29 is 4.79 Å². The van der Waals surface area contributed by atoms with Crippen molar-refractivity contribution in [2.75, 3.05) is 13.1 Å². The van der Waals surface area contributed by atoms with Gasteiger partial charge in [-0.25, -0.2) is 4.79 Å². The zero-order chi connectivity index (χ0) is 16.7. The van der Waals surface area contributed by atoms with Gasteiger partial charge in [0.15, 0.2) is 0 Å². The molecular weight excluding hydrogens is 324 g/mol. The first-order chi connectivity index (χ1) is 11.6. The van der Waals surface area contributed by atoms with Crippen LogP contribution in [0.5, 0.6) is 0 Å². The Morgan fingerprint density at radius 3 is 2.58 bits per heavy atom. The third-order valence-electron chi connectivity index (χ3n) is 5.44. The van der Waals surface area contributed by atoms with Crippen LogP contribution in [0.15, 0.2) is 36.7 Å². The molecule has 5 rings (SSSR count). The van der Waals surface area contributed by atoms with Crippen LogP contribution >= 0.6 is 11.6 Å². The Labute approximate surface area is 146 Å². The second kappa shape index (κ2) is 6.22. The molecule has 1 aromatic carbocycles. The molecule has 0 unspecified atom stereocenters. The highest BCUT2D eigenvalue weighted by Gasteiger charge is 2.40. The van der Waals surface area contributed by atoms with Crippen LogP contribution in [0.3, 0.4) is 0 Å². The lowest BCUT2D eigenvalue weighted by molar-refractivity contribution is 0.0266. The van der Waals surface area contributed by atoms with E-state index in [1.165, 1.54) is 17.5 Å². The van der Waals surface area contributed by atoms with Crippen molar-refractivity contribution in [3.63, 3.8) is 0 Å². The lowest BCUT2D eigenvalue weighted by Crippen LogP contribution is -2.62. The molecular formula is C18H21ClN4O. The minimum absolute atomic E-state index is 0.152. The highest BCUT2D eigenvalue weighted by Crippen LogP contribution is 2.32. The maximum atomic E-state index is 12.6. The summed E-state index contributed by atoms with van der Waals surface area (Å²) in [6.07, 6.45) is 5.82. The fourth-order valence-corrected chi connectivity index (χ4v) is 4.11. The van der Waals surface area contributed by atoms with Gasteiger partial charge >= 0.3 is 6.03 Å². The van der Waals surface area contributed by atoms with Gasteiger partial charge in [0.2, 0.25) is 0 Å². The Bertz CT molecular complexity index is 732. The van der Waals surface area contributed by atoms with Gasteiger partial charge in [-0.1, -0.05) is 23.7 Å². The van der Waals surface area contributed by atoms with Gasteiger partial charge in [-0.05, 0) is 56.5 Å². The fraction of sp³-hybridized carbons (Fsp3) is 0.444. The quantitative estimate of drug-likeness (QED) is 0.909. The summed E-state index contributed by atoms with van der Waals surface area (Å²) < 4.78 is 1.40. The van der Waals surface area contributed by atoms with E-state index in [0.29, 0.717) is 17.0 Å². The van der Waals surface area contributed by atoms with Crippen LogP contribution in [0, 0.1) is 5.92 Å². The second-order valence-corrected chi connectivity index (χ2v) is 7.21. The lowest BCUT2D eigenvalue weighted by Gasteiger charge is -2.49. The molecule has 2 aromatic rings. The Morgan fingerprint density at radius 1 is 1.21 bits per heavy atom. The Morgan fingerprint density at radius 2 is 1.92 bits per heavy atom. The number of hydrogen-bond acceptors (Lipinski definition) is 3. The van der Waals surface area contributed by atoms with E-state index < -0.39 is 0 Å². The molecule has 5 nitrogen and oxygen atoms in total. The topological polar surface area (TPSA) is 50.2 Å². The molecule has 0 saturated carbocycles. The first kappa shape index (κ1) is 15.7. The first-order valence-electron chi connectivity index (χ1n) is 8.47. The largest absolute Gasteiger partial charge is 0.342 e. The molecule has 3 aliphatic rings. The number of fused-ring (bicyclic) bond motifs is 3. The van der Waals surface area contributed by atoms with E-state index in [4.69, 9.17) is 11.6 Å². The number of rotatable bonds is 2. The number of amides is 1. The van der Waals surface area contributed by atoms with E-state index >= 15 is 0 Å². The van der Waals surface area contributed by atoms with Gasteiger partial charge < -0.3 is 5.32 Å². The number of nitrogens with zero attached hydrogens (tertiary/aromatic N) is 3. The summed E-state index contributed by atoms with van der Waals surface area (Å²) in [5, 5.41) is 8.11. The molecule has 24 heavy (non-hydrogen) atoms. The van der Waals surface area contributed by atoms with E-state index in [1.807, 2.05) is 24.3 Å². The maximum Gasteiger partial charge on any atom is 0.342 e. The molecule has 3 aliphatic heterocycles. The smallest absolute Gasteiger partial charge is 0.332 e. The SMILES string of the molecule is C[C@@H]1[C@H](NC(=O)n2cc(-c3ccc(Cl)cc3)cn2)C2CCN1CC2. The number of carbonyl (C=O) groups is 1. The van der Waals surface area contributed by atoms with Crippen molar-refractivity contribution in [2.45, 2.75) is 31.8 Å². The summed E-state index contributed by atoms with van der Waals surface area (Å²) >= 11 is 5.92. The highest BCUT2D eigenvalue weighted by atomic mass is 35.5. The summed E-state index contributed by atoms with van der Waals surface area (Å²) in [7, 11) is 0. The number of benzene rings is 1. The summed E-state index contributed by atoms with van der Waals surface area (Å²) in [4.78, 5) is 15.0. The van der Waals surface area contributed by atoms with E-state index in [2.05, 4.69) is 22.2 Å². The number of aromatic nitrogens is 2. The molecule has 4 heterocycles. The molecule has 1 aromatic heterocycles. The molecule has 1 N–H and O–H groups in total. The van der Waals surface area contributed by atoms with E-state index in [9.17, 15) is 4.79 Å². The van der Waals surface area contributed by atoms with Gasteiger partial charge in [0.1, 0.15) is 0 Å². The van der Waals surface area contributed by atoms with Gasteiger partial charge in [0.05, 0.1) is 6.20 Å². The normalized spacial score (nSPS) is 28.8. The van der Waals surface area contributed by atoms with E-state index in [0.717, 1.165) is 24.2 Å². The summed E-state index contributed by atoms with van der Waals surface area (Å²) in [5.41, 5.74) is 1.90. The van der Waals surface area contributed by atoms with Crippen LogP contribution in [0.4, 0.5) is 4.79 Å². The molecule has 6 heteroatoms. The number of halogens is 1. The zero-order valence-electron chi connectivity index (χ0n) is 13.7. The van der Waals surface area contributed by atoms with Crippen molar-refractivity contribution in [1.82, 2.24) is 20.0 Å². The average Bonchev–Trinajstić information content (AvgIpc) is 3.09. The average molecular weight is 345 g/mol. The summed E-state index contributed by atoms with van der Waals surface area (Å²) in [5.74, 6) is 0.584. The first-order valence-corrected chi connectivity index (χ1v) is 8.85. The van der Waals surface area contributed by atoms with Crippen molar-refractivity contribution in [1.29, 1.82) is 0 Å². The summed E-state index contributed by atoms with van der Waals surface area (Å²) in [6, 6.07) is 7.98. The third-order valence-corrected chi connectivity index (χ3v) is 5.69. The molecule has 0 spiro atoms. The van der Waals surface area contributed by atoms with Crippen molar-refractivity contribution in [3.05, 3.63) is 41.7 Å². The standard InChI is InChI=1S/C18H21ClN4O/c1-12-17(14-6-8-22(12)9-7-14)21-18(24)23-11-15(10-20-23)13-2-4-16(19)5-3-13/h2-5,10-12,14,17H,6-9H2,1H3,(H,21,24)/t12-,17+/m1/s1. The van der Waals surface area contributed by atoms with E-state index in [1.54, 1.807) is 12.4 Å². The van der Waals surface area contributed by atoms with Crippen molar-refractivity contribution in [2.24, 2.45) is 5.92 Å². The zero-order valence-corrected chi connectivity index (χ0v) is 14.4. The number of nitrogens with one attached hydrogen (secondary N) is 1. The van der Waals surface area contributed by atoms with Gasteiger partial charge in [-0.3, -0.25) is 4.90 Å². The van der Waals surface area contributed by atoms with Gasteiger partial charge in [-0.15, -0.1) is 0 Å². The van der Waals surface area contributed by atoms with Gasteiger partial charge in [-0.2, -0.15) is 9.78 Å². The molecule has 3 saturated heterocycles. The molecule has 1 amide bonds. The monoisotopic (exact) mass is 344 g/mol. The molecule has 126 valence electrons. The third kappa shape index (κ3) is 2.82. The van der Waals surface area contributed by atoms with Crippen molar-refractivity contribution in [3.8, 4) is 11.1 Å². The second-order valence-electron chi connectivity index (χ2n) is 6.77. The van der Waals surface area contributed by atoms with Crippen LogP contribution < -0.4 is 5.32 Å². The van der Waals surface area contributed by atoms with Gasteiger partial charge in [0, 0.05) is 28.9 Å². The number of piperidine rings is 3. The Balaban J connectivity index is 1.48. The highest BCUT2D eigenvalue weighted by molar-refractivity contribution is 6.30. The van der Waals surface area contributed by atoms with Crippen molar-refractivity contribution >= 4 is 17.6 Å². The maximum absolute atomic E-state index is 12.6. The minimum atomic E-state index is -0.152. The lowest BCUT2D eigenvalue weighted by atomic mass is 9.79. The molecule has 3 fully saturated rings. The van der Waals surface area contributed by atoms with Crippen LogP contribution in [-0.2, 0) is 0 Å². The Hall–Kier alpha value is -1.85. The van der Waals surface area contributed by atoms with Crippen LogP contribution in [0.2, 0.25) is 5.02 Å². The fourth-order valence-electron chi connectivity index (χ4n) is 3.98. The van der Waals surface area contributed by atoms with Crippen LogP contribution in [0.25, 0.3) is 11.1 Å². The molecule has 0 radical (unpaired) electrons. The summed E-state index contributed by atoms with van der Waals surface area (Å²) in [6.45, 7) is 4.51. The molecule has 2 atom stereocenters. The predicted octanol–water partition coefficient (Wildman–Crippen LogP) is 3.24. The Kier molecular flexibility index (Phi) is 4.06. The molecule has 2 bridgehead atoms. The predicted molar refractivity (Wildman–Crippen MR) is 94.1 cm³/mol. The van der Waals surface area contributed by atoms with Crippen LogP contribution in [0.1, 0.15) is 19.8 Å². The van der Waals surface area contributed by atoms with Crippen LogP contribution in [-0.4, -0.2) is 45.9 Å². The molecule has 0 aliphatic carbocycles. The number of hydrogen-bond donors (Lipinski definition) is 1. The van der Waals surface area contributed by atoms with Gasteiger partial charge in [0.25, 0.3) is 0 Å². The number of carbonyl (C=O) groups excluding carboxylic acids is 1.